The van der Waals surface area contributed by atoms with Crippen molar-refractivity contribution < 1.29 is 26.5 Å². The highest BCUT2D eigenvalue weighted by molar-refractivity contribution is 7.92. The molecule has 0 aliphatic heterocycles. The maximum absolute atomic E-state index is 12.9. The normalized spacial score (nSPS) is 13.1. The molecule has 1 unspecified atom stereocenters. The van der Waals surface area contributed by atoms with Gasteiger partial charge in [0.1, 0.15) is 17.6 Å². The van der Waals surface area contributed by atoms with Crippen LogP contribution in [-0.4, -0.2) is 28.4 Å². The Morgan fingerprint density at radius 2 is 1.84 bits per heavy atom. The zero-order chi connectivity index (χ0) is 23.0. The molecule has 13 heteroatoms. The van der Waals surface area contributed by atoms with E-state index in [4.69, 9.17) is 11.6 Å². The largest absolute Gasteiger partial charge is 0.501 e. The quantitative estimate of drug-likeness (QED) is 0.417. The van der Waals surface area contributed by atoms with Crippen molar-refractivity contribution in [3.63, 3.8) is 0 Å². The first-order valence-electron chi connectivity index (χ1n) is 8.51. The van der Waals surface area contributed by atoms with E-state index in [1.165, 1.54) is 6.20 Å². The molecular formula is C18H14ClF3N4O4S. The van der Waals surface area contributed by atoms with Gasteiger partial charge in [-0.05, 0) is 29.8 Å². The topological polar surface area (TPSA) is 107 Å². The van der Waals surface area contributed by atoms with Crippen molar-refractivity contribution in [1.29, 1.82) is 0 Å². The molecule has 0 spiro atoms. The van der Waals surface area contributed by atoms with Crippen molar-refractivity contribution in [2.24, 2.45) is 7.05 Å². The molecule has 0 bridgehead atoms. The third-order valence-electron chi connectivity index (χ3n) is 4.40. The van der Waals surface area contributed by atoms with Crippen LogP contribution in [0.2, 0.25) is 5.02 Å². The number of sulfone groups is 1. The number of aromatic nitrogens is 2. The van der Waals surface area contributed by atoms with Crippen LogP contribution in [-0.2, 0) is 16.9 Å². The summed E-state index contributed by atoms with van der Waals surface area (Å²) in [5.74, 6) is 0.448. The van der Waals surface area contributed by atoms with Crippen LogP contribution in [0, 0.1) is 10.1 Å². The number of nitrogens with one attached hydrogen (secondary N) is 1. The smallest absolute Gasteiger partial charge is 0.366 e. The predicted octanol–water partition coefficient (Wildman–Crippen LogP) is 4.48. The zero-order valence-electron chi connectivity index (χ0n) is 15.7. The van der Waals surface area contributed by atoms with E-state index < -0.39 is 36.9 Å². The minimum Gasteiger partial charge on any atom is -0.366 e. The third-order valence-corrected chi connectivity index (χ3v) is 6.14. The lowest BCUT2D eigenvalue weighted by atomic mass is 10.1. The molecule has 0 aliphatic rings. The Morgan fingerprint density at radius 3 is 2.35 bits per heavy atom. The Bertz CT molecular complexity index is 1230. The summed E-state index contributed by atoms with van der Waals surface area (Å²) in [7, 11) is -4.05. The van der Waals surface area contributed by atoms with E-state index in [9.17, 15) is 31.7 Å². The highest BCUT2D eigenvalue weighted by atomic mass is 35.5. The fourth-order valence-electron chi connectivity index (χ4n) is 2.85. The minimum absolute atomic E-state index is 0.186. The van der Waals surface area contributed by atoms with Gasteiger partial charge in [-0.25, -0.2) is 13.4 Å². The second kappa shape index (κ2) is 8.19. The number of hydrogen-bond donors (Lipinski definition) is 1. The molecule has 0 amide bonds. The second-order valence-corrected chi connectivity index (χ2v) is 8.79. The number of alkyl halides is 3. The van der Waals surface area contributed by atoms with Gasteiger partial charge in [0.25, 0.3) is 15.5 Å². The SMILES string of the molecule is Cn1ccnc1C(Nc1ccc(S(=O)(=O)C(F)(F)F)cc1[N+](=O)[O-])c1ccc(Cl)cc1. The maximum Gasteiger partial charge on any atom is 0.501 e. The fourth-order valence-corrected chi connectivity index (χ4v) is 3.76. The van der Waals surface area contributed by atoms with Crippen LogP contribution in [0.5, 0.6) is 0 Å². The van der Waals surface area contributed by atoms with Crippen LogP contribution in [0.1, 0.15) is 17.4 Å². The van der Waals surface area contributed by atoms with E-state index in [-0.39, 0.29) is 5.69 Å². The lowest BCUT2D eigenvalue weighted by molar-refractivity contribution is -0.384. The number of nitro groups is 1. The van der Waals surface area contributed by atoms with Crippen LogP contribution >= 0.6 is 11.6 Å². The van der Waals surface area contributed by atoms with E-state index >= 15 is 0 Å². The molecule has 1 atom stereocenters. The highest BCUT2D eigenvalue weighted by Crippen LogP contribution is 2.37. The summed E-state index contributed by atoms with van der Waals surface area (Å²) in [6, 6.07) is 7.72. The van der Waals surface area contributed by atoms with Crippen molar-refractivity contribution in [3.05, 3.63) is 81.4 Å². The van der Waals surface area contributed by atoms with Crippen LogP contribution < -0.4 is 5.32 Å². The summed E-state index contributed by atoms with van der Waals surface area (Å²) < 4.78 is 63.5. The van der Waals surface area contributed by atoms with Crippen molar-refractivity contribution >= 4 is 32.8 Å². The molecule has 1 N–H and O–H groups in total. The Morgan fingerprint density at radius 1 is 1.19 bits per heavy atom. The van der Waals surface area contributed by atoms with E-state index in [1.54, 1.807) is 42.1 Å². The molecule has 0 fully saturated rings. The maximum atomic E-state index is 12.9. The van der Waals surface area contributed by atoms with Crippen molar-refractivity contribution in [2.75, 3.05) is 5.32 Å². The van der Waals surface area contributed by atoms with Gasteiger partial charge in [0.05, 0.1) is 9.82 Å². The Kier molecular flexibility index (Phi) is 5.96. The van der Waals surface area contributed by atoms with Gasteiger partial charge in [0.2, 0.25) is 0 Å². The van der Waals surface area contributed by atoms with E-state index in [2.05, 4.69) is 10.3 Å². The van der Waals surface area contributed by atoms with Gasteiger partial charge in [0, 0.05) is 30.5 Å². The number of nitro benzene ring substituents is 1. The van der Waals surface area contributed by atoms with Gasteiger partial charge >= 0.3 is 5.51 Å². The molecule has 0 radical (unpaired) electrons. The lowest BCUT2D eigenvalue weighted by Gasteiger charge is -2.20. The van der Waals surface area contributed by atoms with Crippen LogP contribution in [0.3, 0.4) is 0 Å². The highest BCUT2D eigenvalue weighted by Gasteiger charge is 2.47. The summed E-state index contributed by atoms with van der Waals surface area (Å²) in [5.41, 5.74) is -6.00. The van der Waals surface area contributed by atoms with E-state index in [0.717, 1.165) is 6.07 Å². The van der Waals surface area contributed by atoms with Gasteiger partial charge in [-0.2, -0.15) is 13.2 Å². The van der Waals surface area contributed by atoms with Gasteiger partial charge in [-0.1, -0.05) is 23.7 Å². The van der Waals surface area contributed by atoms with Crippen LogP contribution in [0.25, 0.3) is 0 Å². The van der Waals surface area contributed by atoms with Crippen LogP contribution in [0.4, 0.5) is 24.5 Å². The number of aryl methyl sites for hydroxylation is 1. The summed E-state index contributed by atoms with van der Waals surface area (Å²) in [5, 5.41) is 14.9. The number of hydrogen-bond acceptors (Lipinski definition) is 6. The summed E-state index contributed by atoms with van der Waals surface area (Å²) in [4.78, 5) is 13.6. The molecule has 3 aromatic rings. The van der Waals surface area contributed by atoms with E-state index in [0.29, 0.717) is 28.5 Å². The number of rotatable bonds is 6. The number of halogens is 4. The van der Waals surface area contributed by atoms with Crippen molar-refractivity contribution in [1.82, 2.24) is 9.55 Å². The third kappa shape index (κ3) is 4.49. The lowest BCUT2D eigenvalue weighted by Crippen LogP contribution is -2.23. The van der Waals surface area contributed by atoms with Crippen LogP contribution in [0.15, 0.2) is 59.8 Å². The minimum atomic E-state index is -5.75. The first-order chi connectivity index (χ1) is 14.4. The Hall–Kier alpha value is -3.12. The van der Waals surface area contributed by atoms with Gasteiger partial charge in [-0.3, -0.25) is 10.1 Å². The Balaban J connectivity index is 2.10. The second-order valence-electron chi connectivity index (χ2n) is 6.41. The number of benzene rings is 2. The average molecular weight is 475 g/mol. The van der Waals surface area contributed by atoms with Gasteiger partial charge < -0.3 is 9.88 Å². The summed E-state index contributed by atoms with van der Waals surface area (Å²) >= 11 is 5.92. The van der Waals surface area contributed by atoms with Crippen molar-refractivity contribution in [2.45, 2.75) is 16.4 Å². The monoisotopic (exact) mass is 474 g/mol. The molecule has 8 nitrogen and oxygen atoms in total. The molecule has 31 heavy (non-hydrogen) atoms. The van der Waals surface area contributed by atoms with Gasteiger partial charge in [-0.15, -0.1) is 0 Å². The first kappa shape index (κ1) is 22.6. The molecule has 1 aromatic heterocycles. The van der Waals surface area contributed by atoms with E-state index in [1.807, 2.05) is 0 Å². The van der Waals surface area contributed by atoms with Gasteiger partial charge in [0.15, 0.2) is 0 Å². The molecule has 164 valence electrons. The number of anilines is 1. The molecule has 3 rings (SSSR count). The zero-order valence-corrected chi connectivity index (χ0v) is 17.2. The molecule has 2 aromatic carbocycles. The summed E-state index contributed by atoms with van der Waals surface area (Å²) in [6.45, 7) is 0. The molecule has 0 saturated carbocycles. The summed E-state index contributed by atoms with van der Waals surface area (Å²) in [6.07, 6.45) is 3.15. The standard InChI is InChI=1S/C18H14ClF3N4O4S/c1-25-9-8-23-17(25)16(11-2-4-12(19)5-3-11)24-14-7-6-13(10-15(14)26(27)28)31(29,30)18(20,21)22/h2-10,16,24H,1H3. The number of imidazole rings is 1. The molecule has 1 heterocycles. The molecule has 0 saturated heterocycles. The first-order valence-corrected chi connectivity index (χ1v) is 10.4. The average Bonchev–Trinajstić information content (AvgIpc) is 3.11. The van der Waals surface area contributed by atoms with Crippen molar-refractivity contribution in [3.8, 4) is 0 Å². The molecular weight excluding hydrogens is 461 g/mol. The molecule has 0 aliphatic carbocycles. The number of nitrogens with zero attached hydrogens (tertiary/aromatic N) is 3. The Labute approximate surface area is 179 Å². The fraction of sp³-hybridized carbons (Fsp3) is 0.167. The predicted molar refractivity (Wildman–Crippen MR) is 106 cm³/mol.